The summed E-state index contributed by atoms with van der Waals surface area (Å²) < 4.78 is 0. The molecule has 0 spiro atoms. The van der Waals surface area contributed by atoms with Gasteiger partial charge in [0, 0.05) is 12.4 Å². The zero-order valence-electron chi connectivity index (χ0n) is 5.96. The predicted molar refractivity (Wildman–Crippen MR) is 40.4 cm³/mol. The molecule has 1 heterocycles. The summed E-state index contributed by atoms with van der Waals surface area (Å²) in [7, 11) is 0. The third-order valence-electron chi connectivity index (χ3n) is 1.14. The van der Waals surface area contributed by atoms with Gasteiger partial charge in [-0.15, -0.1) is 0 Å². The average molecular weight is 136 g/mol. The molecular weight excluding hydrogens is 128 g/mol. The second kappa shape index (κ2) is 2.56. The van der Waals surface area contributed by atoms with Crippen LogP contribution in [-0.4, -0.2) is 18.3 Å². The maximum Gasteiger partial charge on any atom is 0.295 e. The van der Waals surface area contributed by atoms with Crippen molar-refractivity contribution in [2.75, 3.05) is 0 Å². The molecule has 1 amide bonds. The lowest BCUT2D eigenvalue weighted by atomic mass is 10.2. The first-order valence-electron chi connectivity index (χ1n) is 3.00. The van der Waals surface area contributed by atoms with Crippen molar-refractivity contribution in [3.63, 3.8) is 0 Å². The summed E-state index contributed by atoms with van der Waals surface area (Å²) in [5.41, 5.74) is 1.36. The van der Waals surface area contributed by atoms with Gasteiger partial charge >= 0.3 is 0 Å². The highest BCUT2D eigenvalue weighted by molar-refractivity contribution is 6.23. The lowest BCUT2D eigenvalue weighted by molar-refractivity contribution is -0.114. The van der Waals surface area contributed by atoms with Gasteiger partial charge < -0.3 is 0 Å². The molecule has 3 heteroatoms. The standard InChI is InChI=1S/C7H8N2O/c1-5(2)6-7(10)9-4-3-8-6/h3-4H,1-2H3. The van der Waals surface area contributed by atoms with E-state index in [2.05, 4.69) is 9.98 Å². The number of amides is 1. The van der Waals surface area contributed by atoms with Gasteiger partial charge in [0.25, 0.3) is 5.91 Å². The lowest BCUT2D eigenvalue weighted by Crippen LogP contribution is -2.04. The van der Waals surface area contributed by atoms with E-state index in [4.69, 9.17) is 0 Å². The van der Waals surface area contributed by atoms with Crippen LogP contribution in [0.3, 0.4) is 0 Å². The van der Waals surface area contributed by atoms with Gasteiger partial charge in [0.1, 0.15) is 5.70 Å². The first-order chi connectivity index (χ1) is 4.72. The van der Waals surface area contributed by atoms with Gasteiger partial charge in [-0.3, -0.25) is 4.79 Å². The number of allylic oxidation sites excluding steroid dienone is 1. The number of carbonyl (C=O) groups excluding carboxylic acids is 1. The maximum atomic E-state index is 10.9. The van der Waals surface area contributed by atoms with Gasteiger partial charge in [0.05, 0.1) is 0 Å². The van der Waals surface area contributed by atoms with E-state index in [1.54, 1.807) is 0 Å². The molecule has 0 saturated carbocycles. The van der Waals surface area contributed by atoms with Crippen LogP contribution in [0.4, 0.5) is 0 Å². The van der Waals surface area contributed by atoms with Crippen molar-refractivity contribution in [3.8, 4) is 0 Å². The second-order valence-corrected chi connectivity index (χ2v) is 2.21. The molecular formula is C7H8N2O. The van der Waals surface area contributed by atoms with Crippen molar-refractivity contribution in [2.45, 2.75) is 13.8 Å². The number of hydrogen-bond acceptors (Lipinski definition) is 2. The van der Waals surface area contributed by atoms with Crippen LogP contribution in [0.15, 0.2) is 21.3 Å². The SMILES string of the molecule is CC(C)=C1N=CC=NC1=O. The third-order valence-corrected chi connectivity index (χ3v) is 1.14. The highest BCUT2D eigenvalue weighted by Gasteiger charge is 2.08. The molecule has 0 N–H and O–H groups in total. The molecule has 10 heavy (non-hydrogen) atoms. The van der Waals surface area contributed by atoms with Gasteiger partial charge in [-0.25, -0.2) is 9.98 Å². The molecule has 0 radical (unpaired) electrons. The Labute approximate surface area is 59.2 Å². The van der Waals surface area contributed by atoms with Gasteiger partial charge in [-0.1, -0.05) is 0 Å². The monoisotopic (exact) mass is 136 g/mol. The van der Waals surface area contributed by atoms with E-state index in [1.165, 1.54) is 12.4 Å². The first kappa shape index (κ1) is 6.86. The Hall–Kier alpha value is -1.25. The van der Waals surface area contributed by atoms with Gasteiger partial charge in [0.15, 0.2) is 0 Å². The molecule has 52 valence electrons. The van der Waals surface area contributed by atoms with Crippen LogP contribution < -0.4 is 0 Å². The molecule has 1 aliphatic heterocycles. The van der Waals surface area contributed by atoms with Crippen molar-refractivity contribution in [1.82, 2.24) is 0 Å². The van der Waals surface area contributed by atoms with Crippen molar-refractivity contribution < 1.29 is 4.79 Å². The summed E-state index contributed by atoms with van der Waals surface area (Å²) in [6.45, 7) is 3.68. The maximum absolute atomic E-state index is 10.9. The molecule has 1 aliphatic rings. The minimum Gasteiger partial charge on any atom is -0.265 e. The van der Waals surface area contributed by atoms with Gasteiger partial charge in [-0.05, 0) is 19.4 Å². The van der Waals surface area contributed by atoms with E-state index in [9.17, 15) is 4.79 Å². The Morgan fingerprint density at radius 3 is 2.30 bits per heavy atom. The molecule has 0 aromatic carbocycles. The molecule has 0 fully saturated rings. The van der Waals surface area contributed by atoms with E-state index in [-0.39, 0.29) is 5.91 Å². The zero-order valence-corrected chi connectivity index (χ0v) is 5.96. The predicted octanol–water partition coefficient (Wildman–Crippen LogP) is 0.962. The molecule has 0 bridgehead atoms. The first-order valence-corrected chi connectivity index (χ1v) is 3.00. The summed E-state index contributed by atoms with van der Waals surface area (Å²) in [4.78, 5) is 18.3. The molecule has 0 atom stereocenters. The lowest BCUT2D eigenvalue weighted by Gasteiger charge is -2.00. The summed E-state index contributed by atoms with van der Waals surface area (Å²) in [6.07, 6.45) is 2.92. The van der Waals surface area contributed by atoms with Crippen molar-refractivity contribution >= 4 is 18.3 Å². The Morgan fingerprint density at radius 2 is 1.90 bits per heavy atom. The highest BCUT2D eigenvalue weighted by Crippen LogP contribution is 2.07. The van der Waals surface area contributed by atoms with Crippen LogP contribution in [-0.2, 0) is 4.79 Å². The molecule has 0 aromatic rings. The van der Waals surface area contributed by atoms with Gasteiger partial charge in [0.2, 0.25) is 0 Å². The fourth-order valence-corrected chi connectivity index (χ4v) is 0.668. The summed E-state index contributed by atoms with van der Waals surface area (Å²) in [6, 6.07) is 0. The van der Waals surface area contributed by atoms with Crippen LogP contribution >= 0.6 is 0 Å². The minimum absolute atomic E-state index is 0.248. The van der Waals surface area contributed by atoms with Crippen LogP contribution in [0.25, 0.3) is 0 Å². The molecule has 1 rings (SSSR count). The third kappa shape index (κ3) is 1.18. The van der Waals surface area contributed by atoms with Crippen LogP contribution in [0.1, 0.15) is 13.8 Å². The van der Waals surface area contributed by atoms with Crippen molar-refractivity contribution in [3.05, 3.63) is 11.3 Å². The van der Waals surface area contributed by atoms with Crippen molar-refractivity contribution in [2.24, 2.45) is 9.98 Å². The minimum atomic E-state index is -0.248. The number of carbonyl (C=O) groups is 1. The summed E-state index contributed by atoms with van der Waals surface area (Å²) in [5.74, 6) is -0.248. The highest BCUT2D eigenvalue weighted by atomic mass is 16.1. The quantitative estimate of drug-likeness (QED) is 0.457. The van der Waals surface area contributed by atoms with E-state index in [0.29, 0.717) is 5.70 Å². The topological polar surface area (TPSA) is 41.8 Å². The van der Waals surface area contributed by atoms with E-state index in [0.717, 1.165) is 5.57 Å². The number of aliphatic imine (C=N–C) groups is 2. The Bertz CT molecular complexity index is 244. The van der Waals surface area contributed by atoms with Gasteiger partial charge in [-0.2, -0.15) is 0 Å². The Balaban J connectivity index is 3.02. The Kier molecular flexibility index (Phi) is 1.76. The zero-order chi connectivity index (χ0) is 7.56. The van der Waals surface area contributed by atoms with E-state index in [1.807, 2.05) is 13.8 Å². The molecule has 0 unspecified atom stereocenters. The van der Waals surface area contributed by atoms with Crippen molar-refractivity contribution in [1.29, 1.82) is 0 Å². The largest absolute Gasteiger partial charge is 0.295 e. The average Bonchev–Trinajstić information content (AvgIpc) is 1.88. The Morgan fingerprint density at radius 1 is 1.30 bits per heavy atom. The molecule has 0 aromatic heterocycles. The number of hydrogen-bond donors (Lipinski definition) is 0. The second-order valence-electron chi connectivity index (χ2n) is 2.21. The summed E-state index contributed by atoms with van der Waals surface area (Å²) >= 11 is 0. The number of rotatable bonds is 0. The fourth-order valence-electron chi connectivity index (χ4n) is 0.668. The van der Waals surface area contributed by atoms with E-state index < -0.39 is 0 Å². The molecule has 0 aliphatic carbocycles. The molecule has 0 saturated heterocycles. The van der Waals surface area contributed by atoms with Crippen LogP contribution in [0.5, 0.6) is 0 Å². The summed E-state index contributed by atoms with van der Waals surface area (Å²) in [5, 5.41) is 0. The smallest absolute Gasteiger partial charge is 0.265 e. The number of nitrogens with zero attached hydrogens (tertiary/aromatic N) is 2. The fraction of sp³-hybridized carbons (Fsp3) is 0.286. The van der Waals surface area contributed by atoms with Crippen LogP contribution in [0, 0.1) is 0 Å². The van der Waals surface area contributed by atoms with Crippen LogP contribution in [0.2, 0.25) is 0 Å². The normalized spacial score (nSPS) is 16.2. The van der Waals surface area contributed by atoms with E-state index >= 15 is 0 Å². The molecule has 3 nitrogen and oxygen atoms in total.